The van der Waals surface area contributed by atoms with Crippen molar-refractivity contribution in [2.75, 3.05) is 13.1 Å². The Balaban J connectivity index is 2.24. The standard InChI is InChI=1S/C11H10F3N5O2/c12-11(13,14)8-3-1-2-4-9(8)16-7-18-6-5-15-10(18)17-19(20)21/h1-4,7H,5-6H2,(H,15,17)/b16-7+. The zero-order chi connectivity index (χ0) is 15.5. The van der Waals surface area contributed by atoms with E-state index in [4.69, 9.17) is 0 Å². The number of guanidine groups is 1. The second-order valence-electron chi connectivity index (χ2n) is 4.04. The summed E-state index contributed by atoms with van der Waals surface area (Å²) >= 11 is 0. The SMILES string of the molecule is O=[N+]([O-])/N=C1\NCCN1/C=N/c1ccccc1C(F)(F)F. The lowest BCUT2D eigenvalue weighted by Gasteiger charge is -2.11. The molecule has 0 amide bonds. The van der Waals surface area contributed by atoms with Gasteiger partial charge in [-0.2, -0.15) is 13.2 Å². The number of hydrogen-bond acceptors (Lipinski definition) is 3. The summed E-state index contributed by atoms with van der Waals surface area (Å²) in [5, 5.41) is 15.1. The van der Waals surface area contributed by atoms with Gasteiger partial charge in [-0.1, -0.05) is 12.1 Å². The molecule has 10 heteroatoms. The summed E-state index contributed by atoms with van der Waals surface area (Å²) in [7, 11) is 0. The number of hydrogen-bond donors (Lipinski definition) is 1. The molecule has 1 N–H and O–H groups in total. The molecule has 1 saturated heterocycles. The Morgan fingerprint density at radius 2 is 2.10 bits per heavy atom. The number of rotatable bonds is 3. The third-order valence-electron chi connectivity index (χ3n) is 2.63. The highest BCUT2D eigenvalue weighted by Crippen LogP contribution is 2.35. The van der Waals surface area contributed by atoms with Crippen LogP contribution in [0.4, 0.5) is 18.9 Å². The van der Waals surface area contributed by atoms with Gasteiger partial charge >= 0.3 is 6.18 Å². The van der Waals surface area contributed by atoms with Crippen LogP contribution in [0.3, 0.4) is 0 Å². The molecule has 21 heavy (non-hydrogen) atoms. The predicted octanol–water partition coefficient (Wildman–Crippen LogP) is 1.82. The number of hydrazone groups is 1. The summed E-state index contributed by atoms with van der Waals surface area (Å²) in [6.45, 7) is 0.712. The Labute approximate surface area is 116 Å². The van der Waals surface area contributed by atoms with E-state index < -0.39 is 16.8 Å². The number of nitrogens with one attached hydrogen (secondary N) is 1. The van der Waals surface area contributed by atoms with Crippen LogP contribution < -0.4 is 5.32 Å². The molecule has 1 fully saturated rings. The van der Waals surface area contributed by atoms with E-state index in [1.807, 2.05) is 0 Å². The van der Waals surface area contributed by atoms with Crippen molar-refractivity contribution in [3.8, 4) is 0 Å². The Hall–Kier alpha value is -2.65. The Morgan fingerprint density at radius 3 is 2.76 bits per heavy atom. The molecule has 0 radical (unpaired) electrons. The third-order valence-corrected chi connectivity index (χ3v) is 2.63. The number of para-hydroxylation sites is 1. The zero-order valence-electron chi connectivity index (χ0n) is 10.5. The highest BCUT2D eigenvalue weighted by atomic mass is 19.4. The fourth-order valence-electron chi connectivity index (χ4n) is 1.74. The molecule has 7 nitrogen and oxygen atoms in total. The maximum absolute atomic E-state index is 12.8. The summed E-state index contributed by atoms with van der Waals surface area (Å²) in [4.78, 5) is 15.3. The van der Waals surface area contributed by atoms with Crippen molar-refractivity contribution < 1.29 is 18.2 Å². The first-order valence-corrected chi connectivity index (χ1v) is 5.82. The quantitative estimate of drug-likeness (QED) is 0.399. The molecule has 1 heterocycles. The first-order valence-electron chi connectivity index (χ1n) is 5.82. The molecule has 0 saturated carbocycles. The Bertz CT molecular complexity index is 600. The van der Waals surface area contributed by atoms with Crippen molar-refractivity contribution in [2.45, 2.75) is 6.18 Å². The number of aliphatic imine (C=N–C) groups is 1. The monoisotopic (exact) mass is 301 g/mol. The average Bonchev–Trinajstić information content (AvgIpc) is 2.82. The fraction of sp³-hybridized carbons (Fsp3) is 0.273. The summed E-state index contributed by atoms with van der Waals surface area (Å²) < 4.78 is 38.4. The summed E-state index contributed by atoms with van der Waals surface area (Å²) in [5.74, 6) is -0.0618. The maximum Gasteiger partial charge on any atom is 0.418 e. The maximum atomic E-state index is 12.8. The van der Waals surface area contributed by atoms with Crippen LogP contribution in [-0.4, -0.2) is 35.3 Å². The van der Waals surface area contributed by atoms with Gasteiger partial charge in [0.1, 0.15) is 5.10 Å². The van der Waals surface area contributed by atoms with Crippen LogP contribution in [0.2, 0.25) is 0 Å². The summed E-state index contributed by atoms with van der Waals surface area (Å²) in [6.07, 6.45) is -3.43. The van der Waals surface area contributed by atoms with Gasteiger partial charge in [-0.3, -0.25) is 4.90 Å². The molecular weight excluding hydrogens is 291 g/mol. The van der Waals surface area contributed by atoms with Crippen molar-refractivity contribution in [3.05, 3.63) is 39.9 Å². The number of halogens is 3. The van der Waals surface area contributed by atoms with E-state index in [2.05, 4.69) is 15.4 Å². The number of nitro groups is 1. The van der Waals surface area contributed by atoms with Gasteiger partial charge in [0.15, 0.2) is 5.03 Å². The highest BCUT2D eigenvalue weighted by Gasteiger charge is 2.33. The molecular formula is C11H10F3N5O2. The molecule has 1 aliphatic heterocycles. The molecule has 0 unspecified atom stereocenters. The molecule has 0 spiro atoms. The van der Waals surface area contributed by atoms with Crippen molar-refractivity contribution in [3.63, 3.8) is 0 Å². The van der Waals surface area contributed by atoms with Crippen LogP contribution in [0.1, 0.15) is 5.56 Å². The summed E-state index contributed by atoms with van der Waals surface area (Å²) in [6, 6.07) is 4.82. The molecule has 2 rings (SSSR count). The van der Waals surface area contributed by atoms with Crippen molar-refractivity contribution >= 4 is 18.0 Å². The average molecular weight is 301 g/mol. The van der Waals surface area contributed by atoms with Gasteiger partial charge in [-0.05, 0) is 12.1 Å². The lowest BCUT2D eigenvalue weighted by molar-refractivity contribution is -0.485. The number of benzene rings is 1. The molecule has 112 valence electrons. The van der Waals surface area contributed by atoms with Gasteiger partial charge in [0.05, 0.1) is 17.6 Å². The molecule has 0 aromatic heterocycles. The van der Waals surface area contributed by atoms with E-state index in [0.717, 1.165) is 12.4 Å². The number of nitrogens with zero attached hydrogens (tertiary/aromatic N) is 4. The second-order valence-corrected chi connectivity index (χ2v) is 4.04. The normalized spacial score (nSPS) is 17.5. The van der Waals surface area contributed by atoms with Gasteiger partial charge in [0.2, 0.25) is 0 Å². The molecule has 1 aromatic carbocycles. The smallest absolute Gasteiger partial charge is 0.349 e. The Kier molecular flexibility index (Phi) is 4.05. The number of alkyl halides is 3. The zero-order valence-corrected chi connectivity index (χ0v) is 10.5. The van der Waals surface area contributed by atoms with Crippen molar-refractivity contribution in [1.29, 1.82) is 0 Å². The topological polar surface area (TPSA) is 83.1 Å². The van der Waals surface area contributed by atoms with E-state index in [1.54, 1.807) is 0 Å². The molecule has 1 aliphatic rings. The minimum absolute atomic E-state index is 0.0618. The van der Waals surface area contributed by atoms with Crippen LogP contribution in [0.15, 0.2) is 34.4 Å². The third kappa shape index (κ3) is 3.68. The van der Waals surface area contributed by atoms with Gasteiger partial charge < -0.3 is 5.32 Å². The molecule has 0 aliphatic carbocycles. The first kappa shape index (κ1) is 14.8. The largest absolute Gasteiger partial charge is 0.418 e. The van der Waals surface area contributed by atoms with E-state index in [1.165, 1.54) is 23.1 Å². The fourth-order valence-corrected chi connectivity index (χ4v) is 1.74. The van der Waals surface area contributed by atoms with Gasteiger partial charge in [0, 0.05) is 13.1 Å². The lowest BCUT2D eigenvalue weighted by atomic mass is 10.2. The van der Waals surface area contributed by atoms with Gasteiger partial charge in [0.25, 0.3) is 5.96 Å². The van der Waals surface area contributed by atoms with Gasteiger partial charge in [-0.25, -0.2) is 15.1 Å². The van der Waals surface area contributed by atoms with E-state index in [9.17, 15) is 23.3 Å². The molecule has 0 bridgehead atoms. The minimum Gasteiger partial charge on any atom is -0.349 e. The highest BCUT2D eigenvalue weighted by molar-refractivity contribution is 5.92. The van der Waals surface area contributed by atoms with Crippen molar-refractivity contribution in [2.24, 2.45) is 10.1 Å². The van der Waals surface area contributed by atoms with E-state index in [-0.39, 0.29) is 11.6 Å². The van der Waals surface area contributed by atoms with Crippen LogP contribution in [0.5, 0.6) is 0 Å². The van der Waals surface area contributed by atoms with Gasteiger partial charge in [-0.15, -0.1) is 0 Å². The predicted molar refractivity (Wildman–Crippen MR) is 68.7 cm³/mol. The van der Waals surface area contributed by atoms with E-state index in [0.29, 0.717) is 13.1 Å². The van der Waals surface area contributed by atoms with Crippen LogP contribution in [0, 0.1) is 10.1 Å². The van der Waals surface area contributed by atoms with Crippen LogP contribution >= 0.6 is 0 Å². The van der Waals surface area contributed by atoms with E-state index >= 15 is 0 Å². The second kappa shape index (κ2) is 5.77. The summed E-state index contributed by atoms with van der Waals surface area (Å²) in [5.41, 5.74) is -1.14. The Morgan fingerprint density at radius 1 is 1.38 bits per heavy atom. The molecule has 1 aromatic rings. The lowest BCUT2D eigenvalue weighted by Crippen LogP contribution is -2.29. The minimum atomic E-state index is -4.52. The van der Waals surface area contributed by atoms with Crippen LogP contribution in [-0.2, 0) is 6.18 Å². The van der Waals surface area contributed by atoms with Crippen LogP contribution in [0.25, 0.3) is 0 Å². The van der Waals surface area contributed by atoms with Crippen molar-refractivity contribution in [1.82, 2.24) is 10.2 Å². The first-order chi connectivity index (χ1) is 9.88. The molecule has 0 atom stereocenters.